The molecule has 0 fully saturated rings. The molecule has 19 heavy (non-hydrogen) atoms. The Bertz CT molecular complexity index is 515. The van der Waals surface area contributed by atoms with Gasteiger partial charge in [0.05, 0.1) is 6.61 Å². The Labute approximate surface area is 115 Å². The van der Waals surface area contributed by atoms with Crippen molar-refractivity contribution in [1.82, 2.24) is 10.2 Å². The van der Waals surface area contributed by atoms with Gasteiger partial charge >= 0.3 is 0 Å². The molecule has 0 aliphatic rings. The lowest BCUT2D eigenvalue weighted by atomic mass is 10.2. The Kier molecular flexibility index (Phi) is 4.81. The van der Waals surface area contributed by atoms with Crippen LogP contribution in [0, 0.1) is 5.82 Å². The monoisotopic (exact) mass is 281 g/mol. The lowest BCUT2D eigenvalue weighted by Crippen LogP contribution is -2.21. The van der Waals surface area contributed by atoms with Crippen molar-refractivity contribution >= 4 is 16.5 Å². The van der Waals surface area contributed by atoms with Crippen LogP contribution in [-0.4, -0.2) is 37.5 Å². The van der Waals surface area contributed by atoms with Crippen LogP contribution in [0.25, 0.3) is 0 Å². The Balaban J connectivity index is 1.98. The second-order valence-electron chi connectivity index (χ2n) is 4.20. The first-order chi connectivity index (χ1) is 9.19. The van der Waals surface area contributed by atoms with Gasteiger partial charge in [0.15, 0.2) is 0 Å². The molecule has 0 spiro atoms. The molecular formula is C13H16FN3OS. The smallest absolute Gasteiger partial charge is 0.208 e. The van der Waals surface area contributed by atoms with Gasteiger partial charge in [-0.05, 0) is 17.7 Å². The number of benzene rings is 1. The molecule has 1 aromatic heterocycles. The summed E-state index contributed by atoms with van der Waals surface area (Å²) in [6.07, 6.45) is 0.677. The van der Waals surface area contributed by atoms with Crippen LogP contribution in [0.2, 0.25) is 0 Å². The molecule has 102 valence electrons. The van der Waals surface area contributed by atoms with E-state index in [1.807, 2.05) is 11.9 Å². The minimum Gasteiger partial charge on any atom is -0.383 e. The zero-order valence-corrected chi connectivity index (χ0v) is 11.8. The summed E-state index contributed by atoms with van der Waals surface area (Å²) in [5, 5.41) is 10.1. The van der Waals surface area contributed by atoms with Gasteiger partial charge in [0.25, 0.3) is 0 Å². The molecule has 0 aliphatic carbocycles. The third-order valence-electron chi connectivity index (χ3n) is 2.68. The van der Waals surface area contributed by atoms with E-state index >= 15 is 0 Å². The molecule has 0 saturated heterocycles. The summed E-state index contributed by atoms with van der Waals surface area (Å²) in [5.74, 6) is -0.221. The van der Waals surface area contributed by atoms with Crippen LogP contribution in [0.1, 0.15) is 10.6 Å². The molecule has 1 aromatic carbocycles. The van der Waals surface area contributed by atoms with Gasteiger partial charge in [0.1, 0.15) is 10.8 Å². The highest BCUT2D eigenvalue weighted by Crippen LogP contribution is 2.21. The van der Waals surface area contributed by atoms with Crippen LogP contribution in [0.15, 0.2) is 24.3 Å². The van der Waals surface area contributed by atoms with E-state index in [1.165, 1.54) is 12.1 Å². The van der Waals surface area contributed by atoms with Crippen molar-refractivity contribution in [2.24, 2.45) is 0 Å². The quantitative estimate of drug-likeness (QED) is 0.814. The van der Waals surface area contributed by atoms with Gasteiger partial charge in [-0.2, -0.15) is 0 Å². The maximum absolute atomic E-state index is 12.8. The summed E-state index contributed by atoms with van der Waals surface area (Å²) in [6, 6.07) is 6.46. The second-order valence-corrected chi connectivity index (χ2v) is 5.24. The van der Waals surface area contributed by atoms with Gasteiger partial charge in [0, 0.05) is 27.1 Å². The van der Waals surface area contributed by atoms with Crippen molar-refractivity contribution in [3.8, 4) is 0 Å². The fourth-order valence-electron chi connectivity index (χ4n) is 1.57. The molecular weight excluding hydrogens is 265 g/mol. The third-order valence-corrected chi connectivity index (χ3v) is 3.72. The first-order valence-electron chi connectivity index (χ1n) is 5.96. The number of rotatable bonds is 6. The molecule has 2 aromatic rings. The Morgan fingerprint density at radius 2 is 2.00 bits per heavy atom. The van der Waals surface area contributed by atoms with Crippen LogP contribution >= 0.6 is 11.3 Å². The summed E-state index contributed by atoms with van der Waals surface area (Å²) >= 11 is 1.54. The number of anilines is 1. The average Bonchev–Trinajstić information content (AvgIpc) is 2.87. The number of ether oxygens (including phenoxy) is 1. The minimum absolute atomic E-state index is 0.221. The summed E-state index contributed by atoms with van der Waals surface area (Å²) < 4.78 is 17.8. The first-order valence-corrected chi connectivity index (χ1v) is 6.77. The second kappa shape index (κ2) is 6.58. The molecule has 6 heteroatoms. The third kappa shape index (κ3) is 3.97. The van der Waals surface area contributed by atoms with E-state index in [0.29, 0.717) is 13.0 Å². The number of methoxy groups -OCH3 is 1. The van der Waals surface area contributed by atoms with E-state index in [4.69, 9.17) is 4.74 Å². The van der Waals surface area contributed by atoms with Crippen molar-refractivity contribution in [2.45, 2.75) is 6.42 Å². The van der Waals surface area contributed by atoms with E-state index in [1.54, 1.807) is 30.6 Å². The van der Waals surface area contributed by atoms with Crippen molar-refractivity contribution < 1.29 is 9.13 Å². The highest BCUT2D eigenvalue weighted by atomic mass is 32.1. The largest absolute Gasteiger partial charge is 0.383 e. The predicted molar refractivity (Wildman–Crippen MR) is 74.3 cm³/mol. The molecule has 0 N–H and O–H groups in total. The van der Waals surface area contributed by atoms with E-state index in [0.717, 1.165) is 22.2 Å². The van der Waals surface area contributed by atoms with E-state index in [2.05, 4.69) is 10.2 Å². The van der Waals surface area contributed by atoms with Crippen molar-refractivity contribution in [3.05, 3.63) is 40.7 Å². The van der Waals surface area contributed by atoms with E-state index < -0.39 is 0 Å². The molecule has 2 rings (SSSR count). The van der Waals surface area contributed by atoms with Crippen LogP contribution in [0.5, 0.6) is 0 Å². The summed E-state index contributed by atoms with van der Waals surface area (Å²) in [6.45, 7) is 1.44. The zero-order valence-electron chi connectivity index (χ0n) is 11.0. The van der Waals surface area contributed by atoms with Crippen LogP contribution < -0.4 is 4.90 Å². The molecule has 0 aliphatic heterocycles. The SMILES string of the molecule is COCCN(C)c1nnc(Cc2ccc(F)cc2)s1. The van der Waals surface area contributed by atoms with Gasteiger partial charge in [-0.15, -0.1) is 10.2 Å². The molecule has 1 heterocycles. The molecule has 4 nitrogen and oxygen atoms in total. The number of aromatic nitrogens is 2. The highest BCUT2D eigenvalue weighted by molar-refractivity contribution is 7.15. The van der Waals surface area contributed by atoms with Gasteiger partial charge in [-0.3, -0.25) is 0 Å². The standard InChI is InChI=1S/C13H16FN3OS/c1-17(7-8-18-2)13-16-15-12(19-13)9-10-3-5-11(14)6-4-10/h3-6H,7-9H2,1-2H3. The van der Waals surface area contributed by atoms with Gasteiger partial charge < -0.3 is 9.64 Å². The Morgan fingerprint density at radius 1 is 1.26 bits per heavy atom. The van der Waals surface area contributed by atoms with Crippen molar-refractivity contribution in [2.75, 3.05) is 32.2 Å². The lowest BCUT2D eigenvalue weighted by molar-refractivity contribution is 0.206. The molecule has 0 bridgehead atoms. The number of hydrogen-bond donors (Lipinski definition) is 0. The summed E-state index contributed by atoms with van der Waals surface area (Å²) in [5.41, 5.74) is 1.03. The molecule has 0 unspecified atom stereocenters. The number of likely N-dealkylation sites (N-methyl/N-ethyl adjacent to an activating group) is 1. The van der Waals surface area contributed by atoms with E-state index in [-0.39, 0.29) is 5.82 Å². The van der Waals surface area contributed by atoms with Gasteiger partial charge in [-0.25, -0.2) is 4.39 Å². The lowest BCUT2D eigenvalue weighted by Gasteiger charge is -2.13. The molecule has 0 saturated carbocycles. The van der Waals surface area contributed by atoms with E-state index in [9.17, 15) is 4.39 Å². The molecule has 0 amide bonds. The molecule has 0 radical (unpaired) electrons. The van der Waals surface area contributed by atoms with Crippen LogP contribution in [0.4, 0.5) is 9.52 Å². The summed E-state index contributed by atoms with van der Waals surface area (Å²) in [7, 11) is 3.63. The van der Waals surface area contributed by atoms with Crippen molar-refractivity contribution in [1.29, 1.82) is 0 Å². The van der Waals surface area contributed by atoms with Gasteiger partial charge in [-0.1, -0.05) is 23.5 Å². The predicted octanol–water partition coefficient (Wildman–Crippen LogP) is 2.35. The topological polar surface area (TPSA) is 38.2 Å². The fourth-order valence-corrected chi connectivity index (χ4v) is 2.43. The fraction of sp³-hybridized carbons (Fsp3) is 0.385. The summed E-state index contributed by atoms with van der Waals surface area (Å²) in [4.78, 5) is 2.01. The average molecular weight is 281 g/mol. The number of halogens is 1. The maximum Gasteiger partial charge on any atom is 0.208 e. The maximum atomic E-state index is 12.8. The first kappa shape index (κ1) is 13.9. The normalized spacial score (nSPS) is 10.7. The highest BCUT2D eigenvalue weighted by Gasteiger charge is 2.09. The zero-order chi connectivity index (χ0) is 13.7. The number of hydrogen-bond acceptors (Lipinski definition) is 5. The van der Waals surface area contributed by atoms with Crippen molar-refractivity contribution in [3.63, 3.8) is 0 Å². The Hall–Kier alpha value is -1.53. The van der Waals surface area contributed by atoms with Gasteiger partial charge in [0.2, 0.25) is 5.13 Å². The minimum atomic E-state index is -0.221. The number of nitrogens with zero attached hydrogens (tertiary/aromatic N) is 3. The van der Waals surface area contributed by atoms with Crippen LogP contribution in [-0.2, 0) is 11.2 Å². The Morgan fingerprint density at radius 3 is 2.68 bits per heavy atom. The molecule has 0 atom stereocenters. The van der Waals surface area contributed by atoms with Crippen LogP contribution in [0.3, 0.4) is 0 Å².